The van der Waals surface area contributed by atoms with E-state index < -0.39 is 0 Å². The lowest BCUT2D eigenvalue weighted by molar-refractivity contribution is -0.128. The number of methoxy groups -OCH3 is 2. The molecule has 2 aromatic carbocycles. The third-order valence-electron chi connectivity index (χ3n) is 6.10. The van der Waals surface area contributed by atoms with Crippen molar-refractivity contribution >= 4 is 11.8 Å². The standard InChI is InChI=1S/C23H26N2O4/c1-14(26)25-12-18-16-6-4-5-7-17(16)23(19(18)13-25)24-22(27)11-15-8-9-20(28-2)21(10-15)29-3/h4-10,18-19,23H,11-13H2,1-3H3,(H,24,27)/t18-,19-,23-/m0/s1. The lowest BCUT2D eigenvalue weighted by Gasteiger charge is -2.22. The molecule has 1 saturated heterocycles. The predicted molar refractivity (Wildman–Crippen MR) is 109 cm³/mol. The van der Waals surface area contributed by atoms with Crippen molar-refractivity contribution in [2.45, 2.75) is 25.3 Å². The zero-order chi connectivity index (χ0) is 20.5. The van der Waals surface area contributed by atoms with Crippen molar-refractivity contribution in [3.05, 3.63) is 59.2 Å². The average Bonchev–Trinajstić information content (AvgIpc) is 3.27. The van der Waals surface area contributed by atoms with E-state index >= 15 is 0 Å². The van der Waals surface area contributed by atoms with Gasteiger partial charge in [0.1, 0.15) is 0 Å². The summed E-state index contributed by atoms with van der Waals surface area (Å²) in [5, 5.41) is 3.23. The van der Waals surface area contributed by atoms with Crippen LogP contribution in [-0.2, 0) is 16.0 Å². The van der Waals surface area contributed by atoms with Gasteiger partial charge in [0.05, 0.1) is 26.7 Å². The maximum Gasteiger partial charge on any atom is 0.224 e. The summed E-state index contributed by atoms with van der Waals surface area (Å²) in [6.45, 7) is 3.01. The number of nitrogens with zero attached hydrogens (tertiary/aromatic N) is 1. The van der Waals surface area contributed by atoms with Gasteiger partial charge in [-0.3, -0.25) is 9.59 Å². The molecule has 0 saturated carbocycles. The van der Waals surface area contributed by atoms with Crippen LogP contribution in [0, 0.1) is 5.92 Å². The van der Waals surface area contributed by atoms with Crippen LogP contribution in [-0.4, -0.2) is 44.0 Å². The normalized spacial score (nSPS) is 22.0. The summed E-state index contributed by atoms with van der Waals surface area (Å²) in [7, 11) is 3.17. The Bertz CT molecular complexity index is 942. The maximum atomic E-state index is 12.9. The van der Waals surface area contributed by atoms with E-state index in [4.69, 9.17) is 9.47 Å². The fourth-order valence-electron chi connectivity index (χ4n) is 4.70. The monoisotopic (exact) mass is 394 g/mol. The van der Waals surface area contributed by atoms with E-state index in [1.807, 2.05) is 35.2 Å². The highest BCUT2D eigenvalue weighted by Gasteiger charge is 2.47. The number of fused-ring (bicyclic) bond motifs is 3. The van der Waals surface area contributed by atoms with Crippen molar-refractivity contribution in [1.29, 1.82) is 0 Å². The van der Waals surface area contributed by atoms with Crippen LogP contribution in [0.4, 0.5) is 0 Å². The van der Waals surface area contributed by atoms with E-state index in [0.717, 1.165) is 12.1 Å². The Kier molecular flexibility index (Phi) is 5.18. The zero-order valence-electron chi connectivity index (χ0n) is 17.0. The quantitative estimate of drug-likeness (QED) is 0.847. The molecule has 0 radical (unpaired) electrons. The molecule has 0 bridgehead atoms. The van der Waals surface area contributed by atoms with Crippen LogP contribution in [0.1, 0.15) is 35.6 Å². The first-order chi connectivity index (χ1) is 14.0. The van der Waals surface area contributed by atoms with Crippen molar-refractivity contribution < 1.29 is 19.1 Å². The Morgan fingerprint density at radius 3 is 2.45 bits per heavy atom. The van der Waals surface area contributed by atoms with Gasteiger partial charge in [0.2, 0.25) is 11.8 Å². The van der Waals surface area contributed by atoms with Crippen LogP contribution in [0.25, 0.3) is 0 Å². The van der Waals surface area contributed by atoms with Gasteiger partial charge in [-0.05, 0) is 28.8 Å². The number of amides is 2. The van der Waals surface area contributed by atoms with Crippen molar-refractivity contribution in [2.75, 3.05) is 27.3 Å². The minimum Gasteiger partial charge on any atom is -0.493 e. The third kappa shape index (κ3) is 3.55. The Morgan fingerprint density at radius 2 is 1.76 bits per heavy atom. The molecule has 6 heteroatoms. The fraction of sp³-hybridized carbons (Fsp3) is 0.391. The highest BCUT2D eigenvalue weighted by atomic mass is 16.5. The summed E-state index contributed by atoms with van der Waals surface area (Å²) < 4.78 is 10.6. The Labute approximate surface area is 170 Å². The minimum absolute atomic E-state index is 0.0426. The lowest BCUT2D eigenvalue weighted by Crippen LogP contribution is -2.35. The number of ether oxygens (including phenoxy) is 2. The highest BCUT2D eigenvalue weighted by molar-refractivity contribution is 5.80. The molecule has 0 aromatic heterocycles. The van der Waals surface area contributed by atoms with Crippen LogP contribution in [0.2, 0.25) is 0 Å². The molecule has 3 atom stereocenters. The molecule has 152 valence electrons. The summed E-state index contributed by atoms with van der Waals surface area (Å²) in [5.41, 5.74) is 3.28. The van der Waals surface area contributed by atoms with Gasteiger partial charge in [0, 0.05) is 31.8 Å². The van der Waals surface area contributed by atoms with Gasteiger partial charge in [0.15, 0.2) is 11.5 Å². The summed E-state index contributed by atoms with van der Waals surface area (Å²) in [6.07, 6.45) is 0.257. The second-order valence-corrected chi connectivity index (χ2v) is 7.73. The molecule has 2 aliphatic rings. The number of benzene rings is 2. The summed E-state index contributed by atoms with van der Waals surface area (Å²) in [4.78, 5) is 26.6. The molecule has 2 amide bonds. The maximum absolute atomic E-state index is 12.9. The SMILES string of the molecule is COc1ccc(CC(=O)N[C@H]2c3ccccc3[C@@H]3CN(C(C)=O)C[C@@H]32)cc1OC. The van der Waals surface area contributed by atoms with E-state index in [-0.39, 0.29) is 36.1 Å². The molecule has 4 rings (SSSR count). The number of carbonyl (C=O) groups is 2. The molecular weight excluding hydrogens is 368 g/mol. The molecule has 1 aliphatic heterocycles. The molecule has 29 heavy (non-hydrogen) atoms. The number of carbonyl (C=O) groups excluding carboxylic acids is 2. The largest absolute Gasteiger partial charge is 0.493 e. The van der Waals surface area contributed by atoms with E-state index in [0.29, 0.717) is 18.0 Å². The molecule has 0 unspecified atom stereocenters. The summed E-state index contributed by atoms with van der Waals surface area (Å²) in [5.74, 6) is 1.79. The van der Waals surface area contributed by atoms with Crippen LogP contribution in [0.15, 0.2) is 42.5 Å². The van der Waals surface area contributed by atoms with E-state index in [9.17, 15) is 9.59 Å². The molecular formula is C23H26N2O4. The van der Waals surface area contributed by atoms with E-state index in [1.54, 1.807) is 21.1 Å². The highest BCUT2D eigenvalue weighted by Crippen LogP contribution is 2.49. The van der Waals surface area contributed by atoms with Gasteiger partial charge in [-0.25, -0.2) is 0 Å². The van der Waals surface area contributed by atoms with Crippen LogP contribution >= 0.6 is 0 Å². The first-order valence-electron chi connectivity index (χ1n) is 9.86. The van der Waals surface area contributed by atoms with Gasteiger partial charge < -0.3 is 19.7 Å². The number of rotatable bonds is 5. The van der Waals surface area contributed by atoms with Crippen LogP contribution in [0.5, 0.6) is 11.5 Å². The Hall–Kier alpha value is -3.02. The van der Waals surface area contributed by atoms with Gasteiger partial charge in [0.25, 0.3) is 0 Å². The molecule has 1 heterocycles. The van der Waals surface area contributed by atoms with E-state index in [2.05, 4.69) is 17.4 Å². The van der Waals surface area contributed by atoms with Crippen molar-refractivity contribution in [3.8, 4) is 11.5 Å². The molecule has 0 spiro atoms. The van der Waals surface area contributed by atoms with Crippen molar-refractivity contribution in [3.63, 3.8) is 0 Å². The fourth-order valence-corrected chi connectivity index (χ4v) is 4.70. The average molecular weight is 394 g/mol. The Balaban J connectivity index is 1.52. The lowest BCUT2D eigenvalue weighted by atomic mass is 9.94. The molecule has 2 aromatic rings. The van der Waals surface area contributed by atoms with Gasteiger partial charge >= 0.3 is 0 Å². The first-order valence-corrected chi connectivity index (χ1v) is 9.86. The molecule has 6 nitrogen and oxygen atoms in total. The second kappa shape index (κ2) is 7.78. The first kappa shape index (κ1) is 19.3. The zero-order valence-corrected chi connectivity index (χ0v) is 17.0. The second-order valence-electron chi connectivity index (χ2n) is 7.73. The number of likely N-dealkylation sites (tertiary alicyclic amines) is 1. The molecule has 1 N–H and O–H groups in total. The smallest absolute Gasteiger partial charge is 0.224 e. The van der Waals surface area contributed by atoms with Gasteiger partial charge in [-0.1, -0.05) is 30.3 Å². The number of hydrogen-bond donors (Lipinski definition) is 1. The predicted octanol–water partition coefficient (Wildman–Crippen LogP) is 2.68. The summed E-state index contributed by atoms with van der Waals surface area (Å²) in [6, 6.07) is 13.7. The number of nitrogens with one attached hydrogen (secondary N) is 1. The third-order valence-corrected chi connectivity index (χ3v) is 6.10. The van der Waals surface area contributed by atoms with Crippen molar-refractivity contribution in [1.82, 2.24) is 10.2 Å². The van der Waals surface area contributed by atoms with Crippen LogP contribution < -0.4 is 14.8 Å². The van der Waals surface area contributed by atoms with Gasteiger partial charge in [-0.2, -0.15) is 0 Å². The van der Waals surface area contributed by atoms with E-state index in [1.165, 1.54) is 11.1 Å². The van der Waals surface area contributed by atoms with Gasteiger partial charge in [-0.15, -0.1) is 0 Å². The summed E-state index contributed by atoms with van der Waals surface area (Å²) >= 11 is 0. The molecule has 1 aliphatic carbocycles. The van der Waals surface area contributed by atoms with Crippen LogP contribution in [0.3, 0.4) is 0 Å². The topological polar surface area (TPSA) is 67.9 Å². The minimum atomic E-state index is -0.0757. The van der Waals surface area contributed by atoms with Crippen molar-refractivity contribution in [2.24, 2.45) is 5.92 Å². The number of hydrogen-bond acceptors (Lipinski definition) is 4. The molecule has 1 fully saturated rings. The Morgan fingerprint density at radius 1 is 1.03 bits per heavy atom.